The highest BCUT2D eigenvalue weighted by Crippen LogP contribution is 2.29. The van der Waals surface area contributed by atoms with E-state index >= 15 is 0 Å². The van der Waals surface area contributed by atoms with E-state index in [4.69, 9.17) is 23.2 Å². The molecule has 138 valence electrons. The third kappa shape index (κ3) is 5.11. The first kappa shape index (κ1) is 20.1. The van der Waals surface area contributed by atoms with Crippen molar-refractivity contribution in [3.05, 3.63) is 33.8 Å². The summed E-state index contributed by atoms with van der Waals surface area (Å²) in [7, 11) is 0. The summed E-state index contributed by atoms with van der Waals surface area (Å²) in [6.07, 6.45) is 1.98. The van der Waals surface area contributed by atoms with E-state index < -0.39 is 0 Å². The number of halogens is 2. The topological polar surface area (TPSA) is 49.4 Å². The van der Waals surface area contributed by atoms with Gasteiger partial charge in [0.2, 0.25) is 11.8 Å². The monoisotopic (exact) mass is 384 g/mol. The number of likely N-dealkylation sites (tertiary alicyclic amines) is 1. The molecule has 0 radical (unpaired) electrons. The number of carbonyl (C=O) groups excluding carboxylic acids is 2. The van der Waals surface area contributed by atoms with Crippen LogP contribution in [0.2, 0.25) is 10.0 Å². The molecular weight excluding hydrogens is 359 g/mol. The highest BCUT2D eigenvalue weighted by Gasteiger charge is 2.28. The zero-order valence-electron chi connectivity index (χ0n) is 15.1. The Hall–Kier alpha value is -1.26. The van der Waals surface area contributed by atoms with E-state index in [-0.39, 0.29) is 23.1 Å². The molecule has 1 aliphatic rings. The summed E-state index contributed by atoms with van der Waals surface area (Å²) in [4.78, 5) is 26.0. The Labute approximate surface area is 159 Å². The minimum Gasteiger partial charge on any atom is -0.355 e. The Morgan fingerprint density at radius 3 is 2.40 bits per heavy atom. The molecule has 0 spiro atoms. The van der Waals surface area contributed by atoms with Crippen molar-refractivity contribution < 1.29 is 9.59 Å². The smallest absolute Gasteiger partial charge is 0.223 e. The molecule has 1 saturated heterocycles. The second kappa shape index (κ2) is 8.41. The fourth-order valence-corrected chi connectivity index (χ4v) is 3.38. The summed E-state index contributed by atoms with van der Waals surface area (Å²) in [5.41, 5.74) is 0.786. The Kier molecular flexibility index (Phi) is 6.75. The predicted octanol–water partition coefficient (Wildman–Crippen LogP) is 4.04. The lowest BCUT2D eigenvalue weighted by atomic mass is 9.84. The van der Waals surface area contributed by atoms with Crippen LogP contribution in [0.5, 0.6) is 0 Å². The van der Waals surface area contributed by atoms with Crippen LogP contribution in [0.1, 0.15) is 45.6 Å². The van der Waals surface area contributed by atoms with Crippen LogP contribution in [0.4, 0.5) is 0 Å². The number of hydrogen-bond donors (Lipinski definition) is 1. The summed E-state index contributed by atoms with van der Waals surface area (Å²) < 4.78 is 0. The maximum atomic E-state index is 12.5. The van der Waals surface area contributed by atoms with Crippen molar-refractivity contribution in [2.45, 2.75) is 45.4 Å². The molecule has 25 heavy (non-hydrogen) atoms. The zero-order valence-corrected chi connectivity index (χ0v) is 16.6. The zero-order chi connectivity index (χ0) is 18.6. The molecule has 1 aliphatic heterocycles. The molecule has 1 N–H and O–H groups in total. The summed E-state index contributed by atoms with van der Waals surface area (Å²) in [5.74, 6) is 0.210. The molecule has 1 aromatic rings. The van der Waals surface area contributed by atoms with E-state index in [1.165, 1.54) is 0 Å². The van der Waals surface area contributed by atoms with Crippen LogP contribution in [-0.2, 0) is 15.0 Å². The standard InChI is InChI=1S/C19H26Cl2N2O2/c1-4-17(24)23-9-7-13(8-10-23)18(25)22-12-19(2,3)14-5-6-15(20)16(21)11-14/h5-6,11,13H,4,7-10,12H2,1-3H3,(H,22,25). The third-order valence-corrected chi connectivity index (χ3v) is 5.67. The Bertz CT molecular complexity index is 638. The van der Waals surface area contributed by atoms with Crippen molar-refractivity contribution in [1.29, 1.82) is 0 Å². The van der Waals surface area contributed by atoms with Crippen molar-refractivity contribution in [1.82, 2.24) is 10.2 Å². The molecule has 0 aromatic heterocycles. The number of nitrogens with zero attached hydrogens (tertiary/aromatic N) is 1. The van der Waals surface area contributed by atoms with Crippen molar-refractivity contribution in [2.75, 3.05) is 19.6 Å². The molecule has 2 rings (SSSR count). The number of carbonyl (C=O) groups is 2. The first-order valence-corrected chi connectivity index (χ1v) is 9.51. The molecule has 1 aromatic carbocycles. The summed E-state index contributed by atoms with van der Waals surface area (Å²) in [6, 6.07) is 5.57. The quantitative estimate of drug-likeness (QED) is 0.832. The van der Waals surface area contributed by atoms with E-state index in [9.17, 15) is 9.59 Å². The van der Waals surface area contributed by atoms with Crippen molar-refractivity contribution >= 4 is 35.0 Å². The normalized spacial score (nSPS) is 16.0. The average molecular weight is 385 g/mol. The molecule has 0 unspecified atom stereocenters. The van der Waals surface area contributed by atoms with Gasteiger partial charge in [0.1, 0.15) is 0 Å². The van der Waals surface area contributed by atoms with Crippen LogP contribution in [-0.4, -0.2) is 36.3 Å². The number of rotatable bonds is 5. The number of nitrogens with one attached hydrogen (secondary N) is 1. The average Bonchev–Trinajstić information content (AvgIpc) is 2.61. The molecule has 1 fully saturated rings. The first-order valence-electron chi connectivity index (χ1n) is 8.75. The second-order valence-electron chi connectivity index (χ2n) is 7.24. The highest BCUT2D eigenvalue weighted by atomic mass is 35.5. The van der Waals surface area contributed by atoms with Gasteiger partial charge in [0, 0.05) is 37.4 Å². The molecule has 0 saturated carbocycles. The molecule has 6 heteroatoms. The highest BCUT2D eigenvalue weighted by molar-refractivity contribution is 6.42. The number of piperidine rings is 1. The molecule has 2 amide bonds. The summed E-state index contributed by atoms with van der Waals surface area (Å²) in [6.45, 7) is 7.86. The van der Waals surface area contributed by atoms with E-state index in [2.05, 4.69) is 19.2 Å². The number of benzene rings is 1. The van der Waals surface area contributed by atoms with Crippen molar-refractivity contribution in [3.8, 4) is 0 Å². The second-order valence-corrected chi connectivity index (χ2v) is 8.05. The molecule has 0 aliphatic carbocycles. The maximum Gasteiger partial charge on any atom is 0.223 e. The number of amides is 2. The fraction of sp³-hybridized carbons (Fsp3) is 0.579. The minimum atomic E-state index is -0.247. The lowest BCUT2D eigenvalue weighted by Crippen LogP contribution is -2.45. The van der Waals surface area contributed by atoms with Crippen LogP contribution in [0.15, 0.2) is 18.2 Å². The summed E-state index contributed by atoms with van der Waals surface area (Å²) in [5, 5.41) is 4.11. The van der Waals surface area contributed by atoms with Gasteiger partial charge in [-0.2, -0.15) is 0 Å². The predicted molar refractivity (Wildman–Crippen MR) is 102 cm³/mol. The van der Waals surface area contributed by atoms with Gasteiger partial charge in [-0.3, -0.25) is 9.59 Å². The van der Waals surface area contributed by atoms with Crippen LogP contribution in [0.25, 0.3) is 0 Å². The lowest BCUT2D eigenvalue weighted by Gasteiger charge is -2.32. The Morgan fingerprint density at radius 2 is 1.84 bits per heavy atom. The largest absolute Gasteiger partial charge is 0.355 e. The van der Waals surface area contributed by atoms with Gasteiger partial charge in [0.15, 0.2) is 0 Å². The third-order valence-electron chi connectivity index (χ3n) is 4.93. The number of hydrogen-bond acceptors (Lipinski definition) is 2. The van der Waals surface area contributed by atoms with E-state index in [0.29, 0.717) is 36.1 Å². The molecule has 4 nitrogen and oxygen atoms in total. The molecular formula is C19H26Cl2N2O2. The van der Waals surface area contributed by atoms with Gasteiger partial charge in [-0.15, -0.1) is 0 Å². The van der Waals surface area contributed by atoms with Gasteiger partial charge in [-0.25, -0.2) is 0 Å². The van der Waals surface area contributed by atoms with Crippen LogP contribution in [0.3, 0.4) is 0 Å². The van der Waals surface area contributed by atoms with Gasteiger partial charge < -0.3 is 10.2 Å². The molecule has 1 heterocycles. The fourth-order valence-electron chi connectivity index (χ4n) is 3.09. The van der Waals surface area contributed by atoms with Gasteiger partial charge in [-0.1, -0.05) is 50.0 Å². The van der Waals surface area contributed by atoms with Gasteiger partial charge in [0.25, 0.3) is 0 Å². The van der Waals surface area contributed by atoms with Crippen LogP contribution in [0, 0.1) is 5.92 Å². The molecule has 0 atom stereocenters. The van der Waals surface area contributed by atoms with Crippen molar-refractivity contribution in [3.63, 3.8) is 0 Å². The SMILES string of the molecule is CCC(=O)N1CCC(C(=O)NCC(C)(C)c2ccc(Cl)c(Cl)c2)CC1. The van der Waals surface area contributed by atoms with Gasteiger partial charge in [0.05, 0.1) is 10.0 Å². The lowest BCUT2D eigenvalue weighted by molar-refractivity contribution is -0.135. The van der Waals surface area contributed by atoms with E-state index in [1.54, 1.807) is 6.07 Å². The Morgan fingerprint density at radius 1 is 1.20 bits per heavy atom. The van der Waals surface area contributed by atoms with Gasteiger partial charge in [-0.05, 0) is 30.5 Å². The van der Waals surface area contributed by atoms with Crippen LogP contribution < -0.4 is 5.32 Å². The van der Waals surface area contributed by atoms with E-state index in [0.717, 1.165) is 18.4 Å². The van der Waals surface area contributed by atoms with Gasteiger partial charge >= 0.3 is 0 Å². The first-order chi connectivity index (χ1) is 11.7. The Balaban J connectivity index is 1.89. The summed E-state index contributed by atoms with van der Waals surface area (Å²) >= 11 is 12.1. The molecule has 0 bridgehead atoms. The maximum absolute atomic E-state index is 12.5. The van der Waals surface area contributed by atoms with Crippen molar-refractivity contribution in [2.24, 2.45) is 5.92 Å². The minimum absolute atomic E-state index is 0.0227. The van der Waals surface area contributed by atoms with E-state index in [1.807, 2.05) is 24.0 Å². The van der Waals surface area contributed by atoms with Crippen LogP contribution >= 0.6 is 23.2 Å².